The van der Waals surface area contributed by atoms with E-state index < -0.39 is 0 Å². The van der Waals surface area contributed by atoms with Crippen molar-refractivity contribution in [1.29, 1.82) is 0 Å². The van der Waals surface area contributed by atoms with Gasteiger partial charge in [0.15, 0.2) is 0 Å². The third-order valence-electron chi connectivity index (χ3n) is 1.52. The SMILES string of the molecule is CCc1cc(C(C)C)ns1. The van der Waals surface area contributed by atoms with Gasteiger partial charge in [-0.1, -0.05) is 20.8 Å². The van der Waals surface area contributed by atoms with Gasteiger partial charge in [-0.3, -0.25) is 0 Å². The molecule has 0 spiro atoms. The Morgan fingerprint density at radius 1 is 1.60 bits per heavy atom. The largest absolute Gasteiger partial charge is 0.197 e. The average Bonchev–Trinajstić information content (AvgIpc) is 2.34. The van der Waals surface area contributed by atoms with E-state index in [2.05, 4.69) is 31.2 Å². The smallest absolute Gasteiger partial charge is 0.0570 e. The van der Waals surface area contributed by atoms with E-state index in [0.717, 1.165) is 6.42 Å². The molecule has 0 radical (unpaired) electrons. The number of hydrogen-bond donors (Lipinski definition) is 0. The molecule has 10 heavy (non-hydrogen) atoms. The first-order valence-corrected chi connectivity index (χ1v) is 4.47. The second-order valence-corrected chi connectivity index (χ2v) is 3.62. The zero-order valence-electron chi connectivity index (χ0n) is 6.72. The molecule has 0 unspecified atom stereocenters. The van der Waals surface area contributed by atoms with Gasteiger partial charge >= 0.3 is 0 Å². The molecule has 1 heterocycles. The second kappa shape index (κ2) is 3.15. The number of hydrogen-bond acceptors (Lipinski definition) is 2. The summed E-state index contributed by atoms with van der Waals surface area (Å²) in [6, 6.07) is 2.20. The lowest BCUT2D eigenvalue weighted by molar-refractivity contribution is 0.839. The predicted molar refractivity (Wildman–Crippen MR) is 45.6 cm³/mol. The zero-order valence-corrected chi connectivity index (χ0v) is 7.53. The summed E-state index contributed by atoms with van der Waals surface area (Å²) in [5.41, 5.74) is 1.24. The molecule has 0 aromatic carbocycles. The maximum atomic E-state index is 4.33. The van der Waals surface area contributed by atoms with Crippen molar-refractivity contribution >= 4 is 11.5 Å². The minimum atomic E-state index is 0.580. The van der Waals surface area contributed by atoms with Crippen molar-refractivity contribution in [3.63, 3.8) is 0 Å². The van der Waals surface area contributed by atoms with E-state index in [1.807, 2.05) is 0 Å². The molecule has 0 aliphatic carbocycles. The highest BCUT2D eigenvalue weighted by Crippen LogP contribution is 2.17. The Kier molecular flexibility index (Phi) is 2.44. The van der Waals surface area contributed by atoms with Gasteiger partial charge in [0.25, 0.3) is 0 Å². The number of rotatable bonds is 2. The van der Waals surface area contributed by atoms with Gasteiger partial charge in [0.1, 0.15) is 0 Å². The van der Waals surface area contributed by atoms with Crippen molar-refractivity contribution in [3.8, 4) is 0 Å². The van der Waals surface area contributed by atoms with Gasteiger partial charge in [0, 0.05) is 4.88 Å². The third kappa shape index (κ3) is 1.57. The summed E-state index contributed by atoms with van der Waals surface area (Å²) in [5, 5.41) is 0. The topological polar surface area (TPSA) is 12.9 Å². The van der Waals surface area contributed by atoms with Crippen molar-refractivity contribution in [1.82, 2.24) is 4.37 Å². The van der Waals surface area contributed by atoms with Crippen LogP contribution in [0.5, 0.6) is 0 Å². The summed E-state index contributed by atoms with van der Waals surface area (Å²) in [5.74, 6) is 0.580. The maximum Gasteiger partial charge on any atom is 0.0570 e. The van der Waals surface area contributed by atoms with E-state index in [-0.39, 0.29) is 0 Å². The lowest BCUT2D eigenvalue weighted by atomic mass is 10.1. The first-order valence-electron chi connectivity index (χ1n) is 3.69. The molecule has 1 aromatic rings. The molecular weight excluding hydrogens is 142 g/mol. The molecule has 1 nitrogen and oxygen atoms in total. The van der Waals surface area contributed by atoms with Crippen LogP contribution in [0, 0.1) is 0 Å². The van der Waals surface area contributed by atoms with Crippen LogP contribution in [0.3, 0.4) is 0 Å². The van der Waals surface area contributed by atoms with E-state index >= 15 is 0 Å². The fourth-order valence-electron chi connectivity index (χ4n) is 0.768. The molecule has 0 atom stereocenters. The molecule has 1 rings (SSSR count). The highest BCUT2D eigenvalue weighted by molar-refractivity contribution is 7.05. The molecule has 0 aliphatic rings. The van der Waals surface area contributed by atoms with Crippen LogP contribution >= 0.6 is 11.5 Å². The molecule has 0 N–H and O–H groups in total. The highest BCUT2D eigenvalue weighted by Gasteiger charge is 2.02. The predicted octanol–water partition coefficient (Wildman–Crippen LogP) is 2.83. The molecule has 56 valence electrons. The summed E-state index contributed by atoms with van der Waals surface area (Å²) >= 11 is 1.63. The van der Waals surface area contributed by atoms with E-state index in [1.54, 1.807) is 11.5 Å². The number of aryl methyl sites for hydroxylation is 1. The molecule has 0 amide bonds. The molecule has 0 saturated carbocycles. The first kappa shape index (κ1) is 7.73. The van der Waals surface area contributed by atoms with Crippen molar-refractivity contribution in [2.24, 2.45) is 0 Å². The molecule has 0 saturated heterocycles. The summed E-state index contributed by atoms with van der Waals surface area (Å²) in [7, 11) is 0. The standard InChI is InChI=1S/C8H13NS/c1-4-7-5-8(6(2)3)9-10-7/h5-6H,4H2,1-3H3. The Balaban J connectivity index is 2.78. The van der Waals surface area contributed by atoms with E-state index in [9.17, 15) is 0 Å². The van der Waals surface area contributed by atoms with Crippen LogP contribution in [0.15, 0.2) is 6.07 Å². The van der Waals surface area contributed by atoms with Gasteiger partial charge in [-0.15, -0.1) is 0 Å². The van der Waals surface area contributed by atoms with E-state index in [0.29, 0.717) is 5.92 Å². The van der Waals surface area contributed by atoms with Crippen LogP contribution in [0.1, 0.15) is 37.3 Å². The summed E-state index contributed by atoms with van der Waals surface area (Å²) in [4.78, 5) is 1.39. The highest BCUT2D eigenvalue weighted by atomic mass is 32.1. The van der Waals surface area contributed by atoms with Crippen molar-refractivity contribution in [3.05, 3.63) is 16.6 Å². The molecule has 1 aromatic heterocycles. The Morgan fingerprint density at radius 2 is 2.30 bits per heavy atom. The van der Waals surface area contributed by atoms with Crippen LogP contribution in [-0.2, 0) is 6.42 Å². The fourth-order valence-corrected chi connectivity index (χ4v) is 1.56. The van der Waals surface area contributed by atoms with Crippen molar-refractivity contribution in [2.75, 3.05) is 0 Å². The van der Waals surface area contributed by atoms with Gasteiger partial charge in [0.2, 0.25) is 0 Å². The lowest BCUT2D eigenvalue weighted by Crippen LogP contribution is -1.84. The molecule has 2 heteroatoms. The quantitative estimate of drug-likeness (QED) is 0.640. The Morgan fingerprint density at radius 3 is 2.60 bits per heavy atom. The minimum Gasteiger partial charge on any atom is -0.197 e. The van der Waals surface area contributed by atoms with Crippen LogP contribution in [0.25, 0.3) is 0 Å². The zero-order chi connectivity index (χ0) is 7.56. The van der Waals surface area contributed by atoms with Crippen LogP contribution in [0.4, 0.5) is 0 Å². The minimum absolute atomic E-state index is 0.580. The van der Waals surface area contributed by atoms with E-state index in [4.69, 9.17) is 0 Å². The average molecular weight is 155 g/mol. The fraction of sp³-hybridized carbons (Fsp3) is 0.625. The Bertz CT molecular complexity index is 203. The number of nitrogens with zero attached hydrogens (tertiary/aromatic N) is 1. The molecule has 0 fully saturated rings. The van der Waals surface area contributed by atoms with Crippen LogP contribution in [-0.4, -0.2) is 4.37 Å². The first-order chi connectivity index (χ1) is 4.74. The monoisotopic (exact) mass is 155 g/mol. The van der Waals surface area contributed by atoms with Crippen LogP contribution in [0.2, 0.25) is 0 Å². The second-order valence-electron chi connectivity index (χ2n) is 2.73. The maximum absolute atomic E-state index is 4.33. The van der Waals surface area contributed by atoms with Gasteiger partial charge < -0.3 is 0 Å². The van der Waals surface area contributed by atoms with Crippen LogP contribution < -0.4 is 0 Å². The van der Waals surface area contributed by atoms with Gasteiger partial charge in [-0.05, 0) is 29.9 Å². The van der Waals surface area contributed by atoms with Gasteiger partial charge in [-0.2, -0.15) is 4.37 Å². The Labute approximate surface area is 66.3 Å². The molecule has 0 aliphatic heterocycles. The van der Waals surface area contributed by atoms with Gasteiger partial charge in [0.05, 0.1) is 5.69 Å². The third-order valence-corrected chi connectivity index (χ3v) is 2.46. The normalized spacial score (nSPS) is 10.8. The van der Waals surface area contributed by atoms with Gasteiger partial charge in [-0.25, -0.2) is 0 Å². The lowest BCUT2D eigenvalue weighted by Gasteiger charge is -1.94. The van der Waals surface area contributed by atoms with Crippen molar-refractivity contribution < 1.29 is 0 Å². The van der Waals surface area contributed by atoms with E-state index in [1.165, 1.54) is 10.6 Å². The van der Waals surface area contributed by atoms with Crippen molar-refractivity contribution in [2.45, 2.75) is 33.1 Å². The number of aromatic nitrogens is 1. The molecular formula is C8H13NS. The molecule has 0 bridgehead atoms. The summed E-state index contributed by atoms with van der Waals surface area (Å²) in [6.45, 7) is 6.51. The summed E-state index contributed by atoms with van der Waals surface area (Å²) < 4.78 is 4.33. The Hall–Kier alpha value is -0.370. The summed E-state index contributed by atoms with van der Waals surface area (Å²) in [6.07, 6.45) is 1.12.